The number of hydrogen-bond donors (Lipinski definition) is 0. The minimum absolute atomic E-state index is 0.157. The highest BCUT2D eigenvalue weighted by molar-refractivity contribution is 5.89. The number of rotatable bonds is 4. The molecular weight excluding hydrogens is 493 g/mol. The number of alkyl halides is 3. The highest BCUT2D eigenvalue weighted by Crippen LogP contribution is 2.32. The second-order valence-corrected chi connectivity index (χ2v) is 8.15. The van der Waals surface area contributed by atoms with Crippen LogP contribution >= 0.6 is 0 Å². The molecule has 190 valence electrons. The van der Waals surface area contributed by atoms with E-state index in [0.29, 0.717) is 16.9 Å². The van der Waals surface area contributed by atoms with Crippen molar-refractivity contribution < 1.29 is 32.2 Å². The fourth-order valence-electron chi connectivity index (χ4n) is 2.85. The molecule has 0 spiro atoms. The van der Waals surface area contributed by atoms with Gasteiger partial charge in [0.25, 0.3) is 0 Å². The molecule has 0 N–H and O–H groups in total. The van der Waals surface area contributed by atoms with Crippen molar-refractivity contribution in [1.82, 2.24) is 0 Å². The van der Waals surface area contributed by atoms with E-state index in [1.807, 2.05) is 0 Å². The predicted molar refractivity (Wildman–Crippen MR) is 137 cm³/mol. The van der Waals surface area contributed by atoms with Gasteiger partial charge in [0.1, 0.15) is 11.5 Å². The van der Waals surface area contributed by atoms with E-state index in [9.17, 15) is 22.8 Å². The Bertz CT molecular complexity index is 1520. The Balaban J connectivity index is 1.80. The standard InChI is InChI=1S/C31H21F3O4/c1-20(2)29(35)37-26-15-9-22(10-16-26)5-6-24-8-14-25(28(19-24)31(32,33)34)13-7-23-11-17-27(18-12-23)38-30(36)21(3)4/h8-12,14-19H,1,3H2,2,4H3. The smallest absolute Gasteiger partial charge is 0.417 e. The number of hydrogen-bond acceptors (Lipinski definition) is 4. The van der Waals surface area contributed by atoms with E-state index in [0.717, 1.165) is 6.07 Å². The van der Waals surface area contributed by atoms with Gasteiger partial charge in [0.05, 0.1) is 5.56 Å². The van der Waals surface area contributed by atoms with Crippen LogP contribution < -0.4 is 9.47 Å². The van der Waals surface area contributed by atoms with Crippen molar-refractivity contribution >= 4 is 11.9 Å². The van der Waals surface area contributed by atoms with Gasteiger partial charge >= 0.3 is 18.1 Å². The summed E-state index contributed by atoms with van der Waals surface area (Å²) in [5.41, 5.74) is 0.493. The van der Waals surface area contributed by atoms with Gasteiger partial charge in [-0.05, 0) is 80.6 Å². The van der Waals surface area contributed by atoms with Crippen molar-refractivity contribution in [1.29, 1.82) is 0 Å². The van der Waals surface area contributed by atoms with Crippen LogP contribution in [0.3, 0.4) is 0 Å². The lowest BCUT2D eigenvalue weighted by Gasteiger charge is -2.09. The number of carbonyl (C=O) groups is 2. The van der Waals surface area contributed by atoms with E-state index in [-0.39, 0.29) is 28.0 Å². The van der Waals surface area contributed by atoms with Crippen LogP contribution in [0.5, 0.6) is 11.5 Å². The second kappa shape index (κ2) is 11.8. The molecule has 0 atom stereocenters. The molecule has 3 aromatic rings. The lowest BCUT2D eigenvalue weighted by Crippen LogP contribution is -2.08. The maximum Gasteiger partial charge on any atom is 0.417 e. The Kier molecular flexibility index (Phi) is 8.57. The number of benzene rings is 3. The first kappa shape index (κ1) is 27.6. The average molecular weight is 514 g/mol. The molecule has 0 saturated heterocycles. The summed E-state index contributed by atoms with van der Waals surface area (Å²) in [7, 11) is 0. The average Bonchev–Trinajstić information content (AvgIpc) is 2.87. The lowest BCUT2D eigenvalue weighted by molar-refractivity contribution is -0.137. The molecule has 0 amide bonds. The number of halogens is 3. The van der Waals surface area contributed by atoms with Crippen molar-refractivity contribution in [2.24, 2.45) is 0 Å². The molecule has 0 bridgehead atoms. The lowest BCUT2D eigenvalue weighted by atomic mass is 10.0. The second-order valence-electron chi connectivity index (χ2n) is 8.15. The van der Waals surface area contributed by atoms with Gasteiger partial charge in [-0.1, -0.05) is 36.8 Å². The molecule has 0 heterocycles. The fourth-order valence-corrected chi connectivity index (χ4v) is 2.85. The van der Waals surface area contributed by atoms with Crippen LogP contribution in [-0.2, 0) is 15.8 Å². The van der Waals surface area contributed by atoms with Crippen LogP contribution in [0.4, 0.5) is 13.2 Å². The minimum atomic E-state index is -4.64. The molecule has 0 unspecified atom stereocenters. The largest absolute Gasteiger partial charge is 0.423 e. The highest BCUT2D eigenvalue weighted by Gasteiger charge is 2.33. The normalized spacial score (nSPS) is 10.2. The Morgan fingerprint density at radius 2 is 1.05 bits per heavy atom. The predicted octanol–water partition coefficient (Wildman–Crippen LogP) is 6.47. The number of ether oxygens (including phenoxy) is 2. The van der Waals surface area contributed by atoms with Crippen molar-refractivity contribution in [3.8, 4) is 35.2 Å². The molecule has 0 aliphatic rings. The third-order valence-electron chi connectivity index (χ3n) is 4.84. The SMILES string of the molecule is C=C(C)C(=O)Oc1ccc(C#Cc2ccc(C#Cc3ccc(OC(=O)C(=C)C)cc3)c(C(F)(F)F)c2)cc1. The summed E-state index contributed by atoms with van der Waals surface area (Å²) in [6, 6.07) is 15.9. The molecule has 7 heteroatoms. The van der Waals surface area contributed by atoms with Crippen LogP contribution in [0.15, 0.2) is 91.0 Å². The van der Waals surface area contributed by atoms with E-state index in [1.54, 1.807) is 12.1 Å². The Morgan fingerprint density at radius 3 is 1.47 bits per heavy atom. The zero-order valence-electron chi connectivity index (χ0n) is 20.5. The van der Waals surface area contributed by atoms with E-state index in [4.69, 9.17) is 9.47 Å². The number of esters is 2. The molecular formula is C31H21F3O4. The molecule has 3 rings (SSSR count). The summed E-state index contributed by atoms with van der Waals surface area (Å²) in [4.78, 5) is 23.2. The summed E-state index contributed by atoms with van der Waals surface area (Å²) in [6.07, 6.45) is -4.64. The van der Waals surface area contributed by atoms with E-state index >= 15 is 0 Å². The van der Waals surface area contributed by atoms with Gasteiger partial charge in [0, 0.05) is 33.4 Å². The van der Waals surface area contributed by atoms with Crippen molar-refractivity contribution in [3.63, 3.8) is 0 Å². The summed E-state index contributed by atoms with van der Waals surface area (Å²) in [6.45, 7) is 10.0. The van der Waals surface area contributed by atoms with Gasteiger partial charge < -0.3 is 9.47 Å². The van der Waals surface area contributed by atoms with Gasteiger partial charge in [0.2, 0.25) is 0 Å². The summed E-state index contributed by atoms with van der Waals surface area (Å²) in [5.74, 6) is 10.2. The fraction of sp³-hybridized carbons (Fsp3) is 0.0968. The monoisotopic (exact) mass is 514 g/mol. The first-order chi connectivity index (χ1) is 17.9. The maximum absolute atomic E-state index is 13.7. The van der Waals surface area contributed by atoms with Crippen molar-refractivity contribution in [2.45, 2.75) is 20.0 Å². The number of carbonyl (C=O) groups excluding carboxylic acids is 2. The van der Waals surface area contributed by atoms with Gasteiger partial charge in [-0.25, -0.2) is 9.59 Å². The first-order valence-electron chi connectivity index (χ1n) is 11.1. The summed E-state index contributed by atoms with van der Waals surface area (Å²) < 4.78 is 51.4. The maximum atomic E-state index is 13.7. The first-order valence-corrected chi connectivity index (χ1v) is 11.1. The highest BCUT2D eigenvalue weighted by atomic mass is 19.4. The molecule has 0 aliphatic carbocycles. The Morgan fingerprint density at radius 1 is 0.658 bits per heavy atom. The van der Waals surface area contributed by atoms with Crippen LogP contribution in [0.25, 0.3) is 0 Å². The molecule has 0 saturated carbocycles. The molecule has 0 radical (unpaired) electrons. The van der Waals surface area contributed by atoms with Crippen LogP contribution in [0, 0.1) is 23.7 Å². The Labute approximate surface area is 218 Å². The molecule has 0 fully saturated rings. The van der Waals surface area contributed by atoms with Gasteiger partial charge in [-0.3, -0.25) is 0 Å². The van der Waals surface area contributed by atoms with E-state index in [2.05, 4.69) is 36.8 Å². The van der Waals surface area contributed by atoms with Crippen molar-refractivity contribution in [3.05, 3.63) is 119 Å². The van der Waals surface area contributed by atoms with Crippen molar-refractivity contribution in [2.75, 3.05) is 0 Å². The third-order valence-corrected chi connectivity index (χ3v) is 4.84. The van der Waals surface area contributed by atoms with Crippen LogP contribution in [0.1, 0.15) is 41.7 Å². The molecule has 0 aliphatic heterocycles. The van der Waals surface area contributed by atoms with E-state index < -0.39 is 23.7 Å². The Hall–Kier alpha value is -5.01. The van der Waals surface area contributed by atoms with Gasteiger partial charge in [0.15, 0.2) is 0 Å². The zero-order valence-corrected chi connectivity index (χ0v) is 20.5. The van der Waals surface area contributed by atoms with Gasteiger partial charge in [-0.15, -0.1) is 0 Å². The minimum Gasteiger partial charge on any atom is -0.423 e. The summed E-state index contributed by atoms with van der Waals surface area (Å²) in [5, 5.41) is 0. The van der Waals surface area contributed by atoms with Crippen LogP contribution in [-0.4, -0.2) is 11.9 Å². The molecule has 0 aromatic heterocycles. The van der Waals surface area contributed by atoms with Gasteiger partial charge in [-0.2, -0.15) is 13.2 Å². The topological polar surface area (TPSA) is 52.6 Å². The van der Waals surface area contributed by atoms with Crippen LogP contribution in [0.2, 0.25) is 0 Å². The quantitative estimate of drug-likeness (QED) is 0.173. The third kappa shape index (κ3) is 7.74. The molecule has 3 aromatic carbocycles. The zero-order chi connectivity index (χ0) is 27.9. The summed E-state index contributed by atoms with van der Waals surface area (Å²) >= 11 is 0. The van der Waals surface area contributed by atoms with E-state index in [1.165, 1.54) is 62.4 Å². The molecule has 4 nitrogen and oxygen atoms in total. The molecule has 38 heavy (non-hydrogen) atoms.